The molecule has 2 amide bonds. The maximum Gasteiger partial charge on any atom is 0.261 e. The molecule has 0 saturated heterocycles. The Kier molecular flexibility index (Phi) is 4.46. The number of carbonyl (C=O) groups excluding carboxylic acids is 2. The van der Waals surface area contributed by atoms with Crippen LogP contribution in [0.2, 0.25) is 0 Å². The van der Waals surface area contributed by atoms with E-state index in [0.717, 1.165) is 34.4 Å². The zero-order valence-corrected chi connectivity index (χ0v) is 15.3. The Morgan fingerprint density at radius 1 is 1.19 bits per heavy atom. The molecule has 0 radical (unpaired) electrons. The molecule has 1 aliphatic rings. The van der Waals surface area contributed by atoms with Gasteiger partial charge in [-0.05, 0) is 38.0 Å². The molecule has 6 nitrogen and oxygen atoms in total. The van der Waals surface area contributed by atoms with Gasteiger partial charge in [-0.2, -0.15) is 5.10 Å². The van der Waals surface area contributed by atoms with Crippen molar-refractivity contribution in [2.24, 2.45) is 5.92 Å². The molecule has 1 aliphatic carbocycles. The summed E-state index contributed by atoms with van der Waals surface area (Å²) in [6.45, 7) is 2.84. The highest BCUT2D eigenvalue weighted by molar-refractivity contribution is 7.20. The number of nitrogens with one attached hydrogen (secondary N) is 2. The van der Waals surface area contributed by atoms with E-state index in [2.05, 4.69) is 15.7 Å². The van der Waals surface area contributed by atoms with Crippen LogP contribution in [0.1, 0.15) is 28.2 Å². The Balaban J connectivity index is 1.45. The topological polar surface area (TPSA) is 76.0 Å². The molecular formula is C19H20N4O2S. The van der Waals surface area contributed by atoms with Gasteiger partial charge in [-0.3, -0.25) is 9.59 Å². The van der Waals surface area contributed by atoms with Gasteiger partial charge in [-0.15, -0.1) is 11.3 Å². The molecule has 0 aliphatic heterocycles. The number of nitrogens with zero attached hydrogens (tertiary/aromatic N) is 2. The lowest BCUT2D eigenvalue weighted by atomic mass is 10.3. The summed E-state index contributed by atoms with van der Waals surface area (Å²) in [6, 6.07) is 11.8. The van der Waals surface area contributed by atoms with Crippen LogP contribution >= 0.6 is 11.3 Å². The first-order valence-corrected chi connectivity index (χ1v) is 9.55. The van der Waals surface area contributed by atoms with E-state index in [0.29, 0.717) is 18.0 Å². The number of fused-ring (bicyclic) bond motifs is 1. The molecule has 4 rings (SSSR count). The normalized spacial score (nSPS) is 13.7. The molecule has 0 spiro atoms. The van der Waals surface area contributed by atoms with Gasteiger partial charge in [0.05, 0.1) is 16.3 Å². The van der Waals surface area contributed by atoms with Crippen LogP contribution in [0.3, 0.4) is 0 Å². The smallest absolute Gasteiger partial charge is 0.261 e. The molecule has 0 bridgehead atoms. The predicted molar refractivity (Wildman–Crippen MR) is 102 cm³/mol. The largest absolute Gasteiger partial charge is 0.354 e. The van der Waals surface area contributed by atoms with Gasteiger partial charge < -0.3 is 10.6 Å². The Morgan fingerprint density at radius 2 is 1.92 bits per heavy atom. The first-order chi connectivity index (χ1) is 12.6. The van der Waals surface area contributed by atoms with Gasteiger partial charge in [0.25, 0.3) is 5.91 Å². The minimum absolute atomic E-state index is 0.0969. The number of aryl methyl sites for hydroxylation is 1. The van der Waals surface area contributed by atoms with Crippen molar-refractivity contribution >= 4 is 33.4 Å². The van der Waals surface area contributed by atoms with Crippen molar-refractivity contribution in [3.63, 3.8) is 0 Å². The van der Waals surface area contributed by atoms with Crippen molar-refractivity contribution in [3.05, 3.63) is 47.0 Å². The Morgan fingerprint density at radius 3 is 2.65 bits per heavy atom. The zero-order valence-electron chi connectivity index (χ0n) is 14.5. The third-order valence-electron chi connectivity index (χ3n) is 4.43. The second kappa shape index (κ2) is 6.92. The highest BCUT2D eigenvalue weighted by Gasteiger charge is 2.29. The fraction of sp³-hybridized carbons (Fsp3) is 0.316. The third kappa shape index (κ3) is 3.35. The van der Waals surface area contributed by atoms with Crippen LogP contribution in [0.4, 0.5) is 0 Å². The van der Waals surface area contributed by atoms with Crippen LogP contribution in [-0.2, 0) is 4.79 Å². The molecule has 0 unspecified atom stereocenters. The lowest BCUT2D eigenvalue weighted by Gasteiger charge is -2.05. The zero-order chi connectivity index (χ0) is 18.1. The summed E-state index contributed by atoms with van der Waals surface area (Å²) in [5.74, 6) is 0.169. The summed E-state index contributed by atoms with van der Waals surface area (Å²) < 4.78 is 1.88. The van der Waals surface area contributed by atoms with Gasteiger partial charge in [0.15, 0.2) is 0 Å². The molecule has 1 saturated carbocycles. The Bertz CT molecular complexity index is 957. The quantitative estimate of drug-likeness (QED) is 0.657. The monoisotopic (exact) mass is 368 g/mol. The predicted octanol–water partition coefficient (Wildman–Crippen LogP) is 2.65. The molecule has 3 aromatic rings. The molecular weight excluding hydrogens is 348 g/mol. The van der Waals surface area contributed by atoms with Crippen molar-refractivity contribution in [2.45, 2.75) is 19.8 Å². The number of aromatic nitrogens is 2. The number of para-hydroxylation sites is 1. The standard InChI is InChI=1S/C19H20N4O2S/c1-12-15-11-16(18(25)21-10-9-20-17(24)13-7-8-13)26-19(15)23(22-12)14-5-3-2-4-6-14/h2-6,11,13H,7-10H2,1H3,(H,20,24)(H,21,25). The minimum Gasteiger partial charge on any atom is -0.354 e. The van der Waals surface area contributed by atoms with Crippen LogP contribution < -0.4 is 10.6 Å². The van der Waals surface area contributed by atoms with Gasteiger partial charge >= 0.3 is 0 Å². The van der Waals surface area contributed by atoms with Gasteiger partial charge in [0.1, 0.15) is 4.83 Å². The van der Waals surface area contributed by atoms with Crippen LogP contribution in [0.25, 0.3) is 15.9 Å². The number of hydrogen-bond donors (Lipinski definition) is 2. The number of hydrogen-bond acceptors (Lipinski definition) is 4. The first kappa shape index (κ1) is 16.8. The minimum atomic E-state index is -0.120. The molecule has 1 fully saturated rings. The van der Waals surface area contributed by atoms with Gasteiger partial charge in [-0.25, -0.2) is 4.68 Å². The van der Waals surface area contributed by atoms with Gasteiger partial charge in [0.2, 0.25) is 5.91 Å². The van der Waals surface area contributed by atoms with Crippen molar-refractivity contribution in [2.75, 3.05) is 13.1 Å². The van der Waals surface area contributed by atoms with Gasteiger partial charge in [-0.1, -0.05) is 18.2 Å². The number of rotatable bonds is 6. The van der Waals surface area contributed by atoms with E-state index in [1.54, 1.807) is 0 Å². The summed E-state index contributed by atoms with van der Waals surface area (Å²) in [5, 5.41) is 11.3. The van der Waals surface area contributed by atoms with E-state index in [1.165, 1.54) is 11.3 Å². The summed E-state index contributed by atoms with van der Waals surface area (Å²) >= 11 is 1.43. The summed E-state index contributed by atoms with van der Waals surface area (Å²) in [7, 11) is 0. The molecule has 7 heteroatoms. The molecule has 2 heterocycles. The van der Waals surface area contributed by atoms with Crippen LogP contribution in [0, 0.1) is 12.8 Å². The van der Waals surface area contributed by atoms with Crippen molar-refractivity contribution < 1.29 is 9.59 Å². The first-order valence-electron chi connectivity index (χ1n) is 8.74. The second-order valence-corrected chi connectivity index (χ2v) is 7.51. The molecule has 134 valence electrons. The number of carbonyl (C=O) groups is 2. The third-order valence-corrected chi connectivity index (χ3v) is 5.54. The average Bonchev–Trinajstić information content (AvgIpc) is 3.34. The van der Waals surface area contributed by atoms with Crippen molar-refractivity contribution in [1.82, 2.24) is 20.4 Å². The van der Waals surface area contributed by atoms with E-state index in [-0.39, 0.29) is 17.7 Å². The highest BCUT2D eigenvalue weighted by Crippen LogP contribution is 2.30. The molecule has 2 N–H and O–H groups in total. The molecule has 0 atom stereocenters. The summed E-state index contributed by atoms with van der Waals surface area (Å²) in [5.41, 5.74) is 1.87. The second-order valence-electron chi connectivity index (χ2n) is 6.48. The van der Waals surface area contributed by atoms with Crippen LogP contribution in [-0.4, -0.2) is 34.7 Å². The maximum atomic E-state index is 12.4. The van der Waals surface area contributed by atoms with Crippen LogP contribution in [0.5, 0.6) is 0 Å². The number of thiophene rings is 1. The number of benzene rings is 1. The number of amides is 2. The summed E-state index contributed by atoms with van der Waals surface area (Å²) in [6.07, 6.45) is 1.97. The average molecular weight is 368 g/mol. The van der Waals surface area contributed by atoms with E-state index >= 15 is 0 Å². The van der Waals surface area contributed by atoms with Crippen LogP contribution in [0.15, 0.2) is 36.4 Å². The lowest BCUT2D eigenvalue weighted by molar-refractivity contribution is -0.122. The van der Waals surface area contributed by atoms with Crippen molar-refractivity contribution in [3.8, 4) is 5.69 Å². The maximum absolute atomic E-state index is 12.4. The lowest BCUT2D eigenvalue weighted by Crippen LogP contribution is -2.35. The molecule has 2 aromatic heterocycles. The van der Waals surface area contributed by atoms with Crippen molar-refractivity contribution in [1.29, 1.82) is 0 Å². The fourth-order valence-electron chi connectivity index (χ4n) is 2.84. The molecule has 26 heavy (non-hydrogen) atoms. The van der Waals surface area contributed by atoms with E-state index in [4.69, 9.17) is 0 Å². The van der Waals surface area contributed by atoms with E-state index in [1.807, 2.05) is 48.0 Å². The molecule has 1 aromatic carbocycles. The Hall–Kier alpha value is -2.67. The Labute approximate surface area is 155 Å². The fourth-order valence-corrected chi connectivity index (χ4v) is 3.94. The summed E-state index contributed by atoms with van der Waals surface area (Å²) in [4.78, 5) is 25.6. The van der Waals surface area contributed by atoms with E-state index in [9.17, 15) is 9.59 Å². The van der Waals surface area contributed by atoms with Gasteiger partial charge in [0, 0.05) is 24.4 Å². The highest BCUT2D eigenvalue weighted by atomic mass is 32.1. The SMILES string of the molecule is Cc1nn(-c2ccccc2)c2sc(C(=O)NCCNC(=O)C3CC3)cc12. The van der Waals surface area contributed by atoms with E-state index < -0.39 is 0 Å².